The Bertz CT molecular complexity index is 284. The van der Waals surface area contributed by atoms with Gasteiger partial charge in [-0.1, -0.05) is 13.8 Å². The van der Waals surface area contributed by atoms with E-state index in [0.717, 1.165) is 6.42 Å². The highest BCUT2D eigenvalue weighted by atomic mass is 16.5. The molecule has 0 aliphatic rings. The number of aliphatic carboxylic acids is 1. The van der Waals surface area contributed by atoms with Gasteiger partial charge in [-0.2, -0.15) is 0 Å². The van der Waals surface area contributed by atoms with E-state index in [9.17, 15) is 9.59 Å². The molecule has 0 aliphatic heterocycles. The average Bonchev–Trinajstić information content (AvgIpc) is 2.37. The fraction of sp³-hybridized carbons (Fsp3) is 0.846. The number of hydrogen-bond acceptors (Lipinski definition) is 4. The molecule has 0 aromatic carbocycles. The van der Waals surface area contributed by atoms with Crippen LogP contribution in [0.4, 0.5) is 4.79 Å². The molecule has 0 rings (SSSR count). The molecule has 2 N–H and O–H groups in total. The molecule has 0 saturated heterocycles. The summed E-state index contributed by atoms with van der Waals surface area (Å²) in [6.45, 7) is 5.87. The zero-order valence-corrected chi connectivity index (χ0v) is 12.6. The van der Waals surface area contributed by atoms with E-state index in [1.165, 1.54) is 12.0 Å². The van der Waals surface area contributed by atoms with Crippen molar-refractivity contribution in [1.82, 2.24) is 10.2 Å². The maximum atomic E-state index is 11.8. The van der Waals surface area contributed by atoms with E-state index in [0.29, 0.717) is 32.3 Å². The van der Waals surface area contributed by atoms with E-state index >= 15 is 0 Å². The zero-order valence-electron chi connectivity index (χ0n) is 12.6. The second-order valence-corrected chi connectivity index (χ2v) is 4.83. The molecule has 20 heavy (non-hydrogen) atoms. The summed E-state index contributed by atoms with van der Waals surface area (Å²) in [5.74, 6) is -0.464. The first-order valence-corrected chi connectivity index (χ1v) is 6.78. The first-order valence-electron chi connectivity index (χ1n) is 6.78. The number of nitrogens with one attached hydrogen (secondary N) is 1. The topological polar surface area (TPSA) is 88.1 Å². The molecule has 0 unspecified atom stereocenters. The average molecular weight is 290 g/mol. The quantitative estimate of drug-likeness (QED) is 0.549. The lowest BCUT2D eigenvalue weighted by Gasteiger charge is -2.20. The molecule has 0 fully saturated rings. The molecule has 2 amide bonds. The largest absolute Gasteiger partial charge is 0.480 e. The van der Waals surface area contributed by atoms with Gasteiger partial charge in [0, 0.05) is 26.8 Å². The molecular weight excluding hydrogens is 264 g/mol. The summed E-state index contributed by atoms with van der Waals surface area (Å²) in [7, 11) is 1.50. The first-order chi connectivity index (χ1) is 9.47. The molecule has 0 radical (unpaired) electrons. The molecule has 7 nitrogen and oxygen atoms in total. The molecule has 0 aromatic rings. The number of carboxylic acid groups (broad SMARTS) is 1. The van der Waals surface area contributed by atoms with Crippen LogP contribution in [0.1, 0.15) is 20.3 Å². The Labute approximate surface area is 120 Å². The minimum atomic E-state index is -1.05. The van der Waals surface area contributed by atoms with Crippen LogP contribution in [-0.2, 0) is 14.3 Å². The molecule has 0 aliphatic carbocycles. The van der Waals surface area contributed by atoms with Crippen molar-refractivity contribution in [2.24, 2.45) is 5.92 Å². The lowest BCUT2D eigenvalue weighted by Crippen LogP contribution is -2.45. The van der Waals surface area contributed by atoms with Crippen LogP contribution in [-0.4, -0.2) is 68.6 Å². The van der Waals surface area contributed by atoms with Gasteiger partial charge < -0.3 is 24.8 Å². The molecule has 0 atom stereocenters. The Morgan fingerprint density at radius 3 is 2.50 bits per heavy atom. The molecule has 0 heterocycles. The predicted octanol–water partition coefficient (Wildman–Crippen LogP) is 0.792. The highest BCUT2D eigenvalue weighted by Gasteiger charge is 2.15. The van der Waals surface area contributed by atoms with Gasteiger partial charge in [0.05, 0.1) is 13.2 Å². The number of nitrogens with zero attached hydrogens (tertiary/aromatic N) is 1. The maximum absolute atomic E-state index is 11.8. The van der Waals surface area contributed by atoms with Crippen molar-refractivity contribution in [1.29, 1.82) is 0 Å². The van der Waals surface area contributed by atoms with Crippen LogP contribution in [0, 0.1) is 5.92 Å². The third kappa shape index (κ3) is 10.6. The molecule has 0 spiro atoms. The molecule has 0 aromatic heterocycles. The summed E-state index contributed by atoms with van der Waals surface area (Å²) < 4.78 is 10.2. The van der Waals surface area contributed by atoms with E-state index < -0.39 is 12.0 Å². The monoisotopic (exact) mass is 290 g/mol. The number of carbonyl (C=O) groups is 2. The van der Waals surface area contributed by atoms with Crippen LogP contribution < -0.4 is 5.32 Å². The van der Waals surface area contributed by atoms with Gasteiger partial charge >= 0.3 is 12.0 Å². The van der Waals surface area contributed by atoms with Gasteiger partial charge in [0.25, 0.3) is 0 Å². The normalized spacial score (nSPS) is 10.6. The number of carbonyl (C=O) groups excluding carboxylic acids is 1. The molecule has 0 bridgehead atoms. The molecule has 118 valence electrons. The third-order valence-electron chi connectivity index (χ3n) is 2.54. The van der Waals surface area contributed by atoms with Gasteiger partial charge in [-0.25, -0.2) is 4.79 Å². The third-order valence-corrected chi connectivity index (χ3v) is 2.54. The summed E-state index contributed by atoms with van der Waals surface area (Å²) in [4.78, 5) is 23.6. The van der Waals surface area contributed by atoms with Gasteiger partial charge in [-0.15, -0.1) is 0 Å². The Morgan fingerprint density at radius 1 is 1.25 bits per heavy atom. The van der Waals surface area contributed by atoms with Crippen molar-refractivity contribution >= 4 is 12.0 Å². The number of methoxy groups -OCH3 is 1. The fourth-order valence-corrected chi connectivity index (χ4v) is 1.38. The van der Waals surface area contributed by atoms with Crippen LogP contribution >= 0.6 is 0 Å². The van der Waals surface area contributed by atoms with Crippen molar-refractivity contribution in [3.05, 3.63) is 0 Å². The SMILES string of the molecule is COCCN(CC(=O)O)C(=O)NCCOCCC(C)C. The predicted molar refractivity (Wildman–Crippen MR) is 74.8 cm³/mol. The minimum absolute atomic E-state index is 0.239. The minimum Gasteiger partial charge on any atom is -0.480 e. The summed E-state index contributed by atoms with van der Waals surface area (Å²) >= 11 is 0. The maximum Gasteiger partial charge on any atom is 0.323 e. The Kier molecular flexibility index (Phi) is 10.7. The summed E-state index contributed by atoms with van der Waals surface area (Å²) in [5, 5.41) is 11.4. The summed E-state index contributed by atoms with van der Waals surface area (Å²) in [6.07, 6.45) is 0.979. The van der Waals surface area contributed by atoms with Gasteiger partial charge in [0.1, 0.15) is 6.54 Å². The second-order valence-electron chi connectivity index (χ2n) is 4.83. The highest BCUT2D eigenvalue weighted by Crippen LogP contribution is 1.98. The van der Waals surface area contributed by atoms with E-state index in [1.807, 2.05) is 0 Å². The summed E-state index contributed by atoms with van der Waals surface area (Å²) in [5.41, 5.74) is 0. The smallest absolute Gasteiger partial charge is 0.323 e. The van der Waals surface area contributed by atoms with E-state index in [-0.39, 0.29) is 13.1 Å². The molecular formula is C13H26N2O5. The standard InChI is InChI=1S/C13H26N2O5/c1-11(2)4-7-20-8-5-14-13(18)15(6-9-19-3)10-12(16)17/h11H,4-10H2,1-3H3,(H,14,18)(H,16,17). The van der Waals surface area contributed by atoms with E-state index in [4.69, 9.17) is 14.6 Å². The lowest BCUT2D eigenvalue weighted by atomic mass is 10.1. The van der Waals surface area contributed by atoms with Crippen molar-refractivity contribution < 1.29 is 24.2 Å². The van der Waals surface area contributed by atoms with Gasteiger partial charge in [0.15, 0.2) is 0 Å². The van der Waals surface area contributed by atoms with Gasteiger partial charge in [0.2, 0.25) is 0 Å². The van der Waals surface area contributed by atoms with Crippen LogP contribution in [0.2, 0.25) is 0 Å². The molecule has 7 heteroatoms. The summed E-state index contributed by atoms with van der Waals surface area (Å²) in [6, 6.07) is -0.420. The second kappa shape index (κ2) is 11.5. The zero-order chi connectivity index (χ0) is 15.4. The lowest BCUT2D eigenvalue weighted by molar-refractivity contribution is -0.137. The van der Waals surface area contributed by atoms with Crippen LogP contribution in [0.5, 0.6) is 0 Å². The first kappa shape index (κ1) is 18.7. The van der Waals surface area contributed by atoms with E-state index in [2.05, 4.69) is 19.2 Å². The molecule has 0 saturated carbocycles. The van der Waals surface area contributed by atoms with Crippen molar-refractivity contribution in [3.63, 3.8) is 0 Å². The highest BCUT2D eigenvalue weighted by molar-refractivity contribution is 5.80. The number of hydrogen-bond donors (Lipinski definition) is 2. The van der Waals surface area contributed by atoms with Crippen LogP contribution in [0.25, 0.3) is 0 Å². The number of carboxylic acids is 1. The number of rotatable bonds is 11. The van der Waals surface area contributed by atoms with Crippen molar-refractivity contribution in [2.75, 3.05) is 46.6 Å². The van der Waals surface area contributed by atoms with Crippen LogP contribution in [0.3, 0.4) is 0 Å². The Hall–Kier alpha value is -1.34. The van der Waals surface area contributed by atoms with Crippen molar-refractivity contribution in [3.8, 4) is 0 Å². The van der Waals surface area contributed by atoms with E-state index in [1.54, 1.807) is 0 Å². The Balaban J connectivity index is 3.85. The fourth-order valence-electron chi connectivity index (χ4n) is 1.38. The number of ether oxygens (including phenoxy) is 2. The van der Waals surface area contributed by atoms with Gasteiger partial charge in [-0.3, -0.25) is 4.79 Å². The van der Waals surface area contributed by atoms with Crippen molar-refractivity contribution in [2.45, 2.75) is 20.3 Å². The van der Waals surface area contributed by atoms with Gasteiger partial charge in [-0.05, 0) is 12.3 Å². The number of amides is 2. The number of urea groups is 1. The van der Waals surface area contributed by atoms with Crippen LogP contribution in [0.15, 0.2) is 0 Å². The Morgan fingerprint density at radius 2 is 1.95 bits per heavy atom.